The molecule has 2 aromatic heterocycles. The Labute approximate surface area is 295 Å². The van der Waals surface area contributed by atoms with Gasteiger partial charge in [-0.3, -0.25) is 9.36 Å². The molecule has 0 bridgehead atoms. The van der Waals surface area contributed by atoms with Crippen LogP contribution in [-0.2, 0) is 31.2 Å². The summed E-state index contributed by atoms with van der Waals surface area (Å²) in [7, 11) is 1.80. The summed E-state index contributed by atoms with van der Waals surface area (Å²) in [5, 5.41) is 13.0. The average Bonchev–Trinajstić information content (AvgIpc) is 3.87. The first-order valence-corrected chi connectivity index (χ1v) is 18.1. The number of ether oxygens (including phenoxy) is 1. The summed E-state index contributed by atoms with van der Waals surface area (Å²) in [6, 6.07) is 20.5. The fourth-order valence-corrected chi connectivity index (χ4v) is 8.71. The van der Waals surface area contributed by atoms with Crippen LogP contribution in [-0.4, -0.2) is 63.3 Å². The number of benzene rings is 3. The van der Waals surface area contributed by atoms with Crippen molar-refractivity contribution < 1.29 is 18.3 Å². The summed E-state index contributed by atoms with van der Waals surface area (Å²) < 4.78 is 38.9. The Balaban J connectivity index is 0.931. The van der Waals surface area contributed by atoms with Gasteiger partial charge in [-0.1, -0.05) is 48.5 Å². The van der Waals surface area contributed by atoms with Crippen LogP contribution >= 0.6 is 0 Å². The summed E-state index contributed by atoms with van der Waals surface area (Å²) >= 11 is 0. The molecule has 1 N–H and O–H groups in total. The van der Waals surface area contributed by atoms with Gasteiger partial charge >= 0.3 is 6.09 Å². The molecule has 1 aliphatic carbocycles. The van der Waals surface area contributed by atoms with Gasteiger partial charge in [-0.25, -0.2) is 13.6 Å². The molecular formula is C40H41F2N7O2. The van der Waals surface area contributed by atoms with Crippen molar-refractivity contribution in [2.75, 3.05) is 37.7 Å². The molecule has 1 fully saturated rings. The van der Waals surface area contributed by atoms with Gasteiger partial charge in [0.15, 0.2) is 5.82 Å². The first-order chi connectivity index (χ1) is 24.9. The standard InChI is InChI=1S/C40H41F2N7O2/c1-46-23-26(21-44-46)32-19-25-7-6-16-48(37(25)20-33(32)38(41)42)39-34-22-43-15-12-36(34)49(45-39)27-13-17-47(18-14-27)40(50)51-24-35-30-10-4-2-8-28(30)29-9-3-5-11-31(29)35/h2-5,8-11,19-21,23,27,35,38,43H,6-7,12-18,22,24H2,1H3. The topological polar surface area (TPSA) is 80.5 Å². The first kappa shape index (κ1) is 31.9. The van der Waals surface area contributed by atoms with Crippen LogP contribution in [0.15, 0.2) is 73.1 Å². The predicted octanol–water partition coefficient (Wildman–Crippen LogP) is 7.54. The van der Waals surface area contributed by atoms with Crippen molar-refractivity contribution in [2.45, 2.75) is 57.0 Å². The van der Waals surface area contributed by atoms with Gasteiger partial charge in [0, 0.05) is 86.4 Å². The van der Waals surface area contributed by atoms with Gasteiger partial charge in [-0.2, -0.15) is 10.2 Å². The molecule has 4 aliphatic rings. The van der Waals surface area contributed by atoms with E-state index in [2.05, 4.69) is 56.4 Å². The van der Waals surface area contributed by atoms with Gasteiger partial charge in [0.05, 0.1) is 12.2 Å². The third-order valence-corrected chi connectivity index (χ3v) is 11.2. The SMILES string of the molecule is Cn1cc(-c2cc3c(cc2C(F)F)N(c2nn(C4CCN(C(=O)OCC5c6ccccc6-c6ccccc65)CC4)c4c2CNCC4)CCC3)cn1. The highest BCUT2D eigenvalue weighted by Crippen LogP contribution is 2.45. The van der Waals surface area contributed by atoms with Crippen LogP contribution in [0, 0.1) is 0 Å². The number of nitrogens with one attached hydrogen (secondary N) is 1. The van der Waals surface area contributed by atoms with E-state index in [1.165, 1.54) is 27.9 Å². The van der Waals surface area contributed by atoms with Gasteiger partial charge in [-0.15, -0.1) is 0 Å². The molecule has 262 valence electrons. The smallest absolute Gasteiger partial charge is 0.409 e. The van der Waals surface area contributed by atoms with E-state index in [0.29, 0.717) is 43.9 Å². The number of hydrogen-bond acceptors (Lipinski definition) is 6. The number of hydrogen-bond donors (Lipinski definition) is 1. The molecule has 0 saturated carbocycles. The fourth-order valence-electron chi connectivity index (χ4n) is 8.71. The van der Waals surface area contributed by atoms with Crippen molar-refractivity contribution >= 4 is 17.6 Å². The number of anilines is 2. The molecule has 1 amide bonds. The van der Waals surface area contributed by atoms with E-state index in [1.54, 1.807) is 30.2 Å². The molecular weight excluding hydrogens is 648 g/mol. The number of aryl methyl sites for hydroxylation is 2. The molecule has 9 nitrogen and oxygen atoms in total. The molecule has 1 saturated heterocycles. The number of amides is 1. The van der Waals surface area contributed by atoms with Crippen molar-refractivity contribution in [3.63, 3.8) is 0 Å². The van der Waals surface area contributed by atoms with Gasteiger partial charge in [-0.05, 0) is 71.2 Å². The largest absolute Gasteiger partial charge is 0.448 e. The van der Waals surface area contributed by atoms with Gasteiger partial charge < -0.3 is 19.9 Å². The monoisotopic (exact) mass is 689 g/mol. The maximum Gasteiger partial charge on any atom is 0.409 e. The Morgan fingerprint density at radius 2 is 1.73 bits per heavy atom. The number of halogens is 2. The zero-order valence-corrected chi connectivity index (χ0v) is 28.7. The van der Waals surface area contributed by atoms with Gasteiger partial charge in [0.25, 0.3) is 6.43 Å². The minimum atomic E-state index is -2.62. The second-order valence-electron chi connectivity index (χ2n) is 14.2. The number of carbonyl (C=O) groups is 1. The highest BCUT2D eigenvalue weighted by atomic mass is 19.3. The minimum Gasteiger partial charge on any atom is -0.448 e. The molecule has 11 heteroatoms. The van der Waals surface area contributed by atoms with Crippen molar-refractivity contribution in [3.05, 3.63) is 107 Å². The third kappa shape index (κ3) is 5.58. The molecule has 0 atom stereocenters. The molecule has 3 aromatic carbocycles. The van der Waals surface area contributed by atoms with Crippen LogP contribution in [0.3, 0.4) is 0 Å². The fraction of sp³-hybridized carbons (Fsp3) is 0.375. The number of aromatic nitrogens is 4. The van der Waals surface area contributed by atoms with Crippen molar-refractivity contribution in [3.8, 4) is 22.3 Å². The molecule has 0 unspecified atom stereocenters. The number of rotatable bonds is 6. The minimum absolute atomic E-state index is 0.0145. The lowest BCUT2D eigenvalue weighted by Crippen LogP contribution is -2.40. The van der Waals surface area contributed by atoms with Gasteiger partial charge in [0.2, 0.25) is 0 Å². The summed E-state index contributed by atoms with van der Waals surface area (Å²) in [4.78, 5) is 17.4. The van der Waals surface area contributed by atoms with Crippen LogP contribution in [0.4, 0.5) is 25.1 Å². The highest BCUT2D eigenvalue weighted by Gasteiger charge is 2.35. The summed E-state index contributed by atoms with van der Waals surface area (Å²) in [5.74, 6) is 0.881. The highest BCUT2D eigenvalue weighted by molar-refractivity contribution is 5.79. The predicted molar refractivity (Wildman–Crippen MR) is 191 cm³/mol. The van der Waals surface area contributed by atoms with E-state index in [4.69, 9.17) is 9.84 Å². The average molecular weight is 690 g/mol. The van der Waals surface area contributed by atoms with Crippen LogP contribution < -0.4 is 10.2 Å². The molecule has 0 radical (unpaired) electrons. The Bertz CT molecular complexity index is 2070. The third-order valence-electron chi connectivity index (χ3n) is 11.2. The van der Waals surface area contributed by atoms with E-state index >= 15 is 0 Å². The van der Waals surface area contributed by atoms with E-state index in [9.17, 15) is 13.6 Å². The van der Waals surface area contributed by atoms with Crippen LogP contribution in [0.2, 0.25) is 0 Å². The summed E-state index contributed by atoms with van der Waals surface area (Å²) in [6.07, 6.45) is 4.65. The lowest BCUT2D eigenvalue weighted by molar-refractivity contribution is 0.0851. The molecule has 9 rings (SSSR count). The number of fused-ring (bicyclic) bond motifs is 5. The zero-order chi connectivity index (χ0) is 34.6. The molecule has 5 heterocycles. The van der Waals surface area contributed by atoms with E-state index in [-0.39, 0.29) is 23.6 Å². The Morgan fingerprint density at radius 3 is 2.43 bits per heavy atom. The van der Waals surface area contributed by atoms with Crippen molar-refractivity contribution in [1.29, 1.82) is 0 Å². The van der Waals surface area contributed by atoms with E-state index < -0.39 is 6.43 Å². The Hall–Kier alpha value is -5.03. The van der Waals surface area contributed by atoms with Crippen molar-refractivity contribution in [1.82, 2.24) is 29.8 Å². The second kappa shape index (κ2) is 12.9. The number of carbonyl (C=O) groups excluding carboxylic acids is 1. The zero-order valence-electron chi connectivity index (χ0n) is 28.7. The second-order valence-corrected chi connectivity index (χ2v) is 14.2. The lowest BCUT2D eigenvalue weighted by Gasteiger charge is -2.33. The molecule has 51 heavy (non-hydrogen) atoms. The summed E-state index contributed by atoms with van der Waals surface area (Å²) in [6.45, 7) is 3.74. The number of piperidine rings is 1. The van der Waals surface area contributed by atoms with Crippen molar-refractivity contribution in [2.24, 2.45) is 7.05 Å². The summed E-state index contributed by atoms with van der Waals surface area (Å²) in [5.41, 5.74) is 10.3. The van der Waals surface area contributed by atoms with Crippen LogP contribution in [0.5, 0.6) is 0 Å². The van der Waals surface area contributed by atoms with Crippen LogP contribution in [0.1, 0.15) is 71.2 Å². The molecule has 0 spiro atoms. The molecule has 3 aliphatic heterocycles. The maximum absolute atomic E-state index is 14.6. The number of likely N-dealkylation sites (tertiary alicyclic amines) is 1. The van der Waals surface area contributed by atoms with E-state index in [1.807, 2.05) is 23.1 Å². The Morgan fingerprint density at radius 1 is 0.980 bits per heavy atom. The first-order valence-electron chi connectivity index (χ1n) is 18.1. The van der Waals surface area contributed by atoms with E-state index in [0.717, 1.165) is 61.3 Å². The number of alkyl halides is 2. The maximum atomic E-state index is 14.6. The van der Waals surface area contributed by atoms with Crippen LogP contribution in [0.25, 0.3) is 22.3 Å². The quantitative estimate of drug-likeness (QED) is 0.199. The van der Waals surface area contributed by atoms with Gasteiger partial charge in [0.1, 0.15) is 6.61 Å². The number of nitrogens with zero attached hydrogens (tertiary/aromatic N) is 6. The lowest BCUT2D eigenvalue weighted by atomic mass is 9.93. The normalized spacial score (nSPS) is 17.3. The Kier molecular flexibility index (Phi) is 8.10. The molecule has 5 aromatic rings.